The Balaban J connectivity index is 1.74. The van der Waals surface area contributed by atoms with Gasteiger partial charge >= 0.3 is 0 Å². The molecule has 0 unspecified atom stereocenters. The number of carbonyl (C=O) groups is 1. The van der Waals surface area contributed by atoms with Crippen LogP contribution >= 0.6 is 0 Å². The fourth-order valence-corrected chi connectivity index (χ4v) is 3.98. The Morgan fingerprint density at radius 2 is 2.00 bits per heavy atom. The summed E-state index contributed by atoms with van der Waals surface area (Å²) in [6.45, 7) is 6.62. The standard InChI is InChI=1S/C17H27N3O4/c1-11-15(12(2)24-18-11)17(22)19(3)13-5-4-6-14(16(13)21)20-7-9-23-10-8-20/h13-14,16,21H,4-10H2,1-3H3/t13-,14-,16-/m1/s1. The molecule has 0 spiro atoms. The van der Waals surface area contributed by atoms with E-state index in [2.05, 4.69) is 10.1 Å². The molecule has 7 nitrogen and oxygen atoms in total. The van der Waals surface area contributed by atoms with Gasteiger partial charge in [-0.25, -0.2) is 0 Å². The number of aliphatic hydroxyl groups is 1. The van der Waals surface area contributed by atoms with E-state index in [1.807, 2.05) is 0 Å². The van der Waals surface area contributed by atoms with Gasteiger partial charge in [0.1, 0.15) is 11.3 Å². The molecule has 1 aliphatic heterocycles. The van der Waals surface area contributed by atoms with Gasteiger partial charge in [-0.1, -0.05) is 5.16 Å². The number of likely N-dealkylation sites (N-methyl/N-ethyl adjacent to an activating group) is 1. The highest BCUT2D eigenvalue weighted by Crippen LogP contribution is 2.28. The highest BCUT2D eigenvalue weighted by atomic mass is 16.5. The van der Waals surface area contributed by atoms with Gasteiger partial charge in [-0.15, -0.1) is 0 Å². The van der Waals surface area contributed by atoms with Crippen LogP contribution in [0.25, 0.3) is 0 Å². The highest BCUT2D eigenvalue weighted by Gasteiger charge is 2.40. The predicted molar refractivity (Wildman–Crippen MR) is 87.9 cm³/mol. The van der Waals surface area contributed by atoms with Gasteiger partial charge in [0.05, 0.1) is 31.1 Å². The first-order valence-corrected chi connectivity index (χ1v) is 8.70. The summed E-state index contributed by atoms with van der Waals surface area (Å²) >= 11 is 0. The molecule has 1 aromatic heterocycles. The van der Waals surface area contributed by atoms with Gasteiger partial charge in [0.15, 0.2) is 0 Å². The number of aromatic nitrogens is 1. The van der Waals surface area contributed by atoms with Crippen molar-refractivity contribution < 1.29 is 19.2 Å². The maximum Gasteiger partial charge on any atom is 0.259 e. The van der Waals surface area contributed by atoms with E-state index in [4.69, 9.17) is 9.26 Å². The quantitative estimate of drug-likeness (QED) is 0.886. The topological polar surface area (TPSA) is 79.0 Å². The minimum atomic E-state index is -0.550. The van der Waals surface area contributed by atoms with Crippen molar-refractivity contribution in [1.29, 1.82) is 0 Å². The smallest absolute Gasteiger partial charge is 0.259 e. The third-order valence-electron chi connectivity index (χ3n) is 5.37. The van der Waals surface area contributed by atoms with Crippen molar-refractivity contribution >= 4 is 5.91 Å². The van der Waals surface area contributed by atoms with Gasteiger partial charge in [-0.05, 0) is 33.1 Å². The van der Waals surface area contributed by atoms with E-state index in [-0.39, 0.29) is 18.0 Å². The molecule has 1 aliphatic carbocycles. The number of aliphatic hydroxyl groups excluding tert-OH is 1. The Labute approximate surface area is 142 Å². The van der Waals surface area contributed by atoms with E-state index < -0.39 is 6.10 Å². The maximum absolute atomic E-state index is 12.9. The number of rotatable bonds is 3. The van der Waals surface area contributed by atoms with E-state index in [1.54, 1.807) is 25.8 Å². The van der Waals surface area contributed by atoms with Crippen LogP contribution < -0.4 is 0 Å². The van der Waals surface area contributed by atoms with Crippen molar-refractivity contribution in [3.63, 3.8) is 0 Å². The summed E-state index contributed by atoms with van der Waals surface area (Å²) in [7, 11) is 1.77. The predicted octanol–water partition coefficient (Wildman–Crippen LogP) is 0.978. The largest absolute Gasteiger partial charge is 0.389 e. The SMILES string of the molecule is Cc1noc(C)c1C(=O)N(C)[C@@H]1CCC[C@@H](N2CCOCC2)[C@@H]1O. The normalized spacial score (nSPS) is 28.8. The van der Waals surface area contributed by atoms with E-state index in [0.29, 0.717) is 30.2 Å². The van der Waals surface area contributed by atoms with Gasteiger partial charge in [0.2, 0.25) is 0 Å². The van der Waals surface area contributed by atoms with Crippen molar-refractivity contribution in [2.45, 2.75) is 51.3 Å². The molecule has 0 aromatic carbocycles. The summed E-state index contributed by atoms with van der Waals surface area (Å²) in [5.41, 5.74) is 1.11. The molecule has 3 rings (SSSR count). The molecule has 3 atom stereocenters. The Morgan fingerprint density at radius 3 is 2.62 bits per heavy atom. The third kappa shape index (κ3) is 3.20. The number of nitrogens with zero attached hydrogens (tertiary/aromatic N) is 3. The molecule has 2 fully saturated rings. The zero-order valence-electron chi connectivity index (χ0n) is 14.7. The second-order valence-electron chi connectivity index (χ2n) is 6.82. The number of ether oxygens (including phenoxy) is 1. The van der Waals surface area contributed by atoms with Crippen LogP contribution in [0.5, 0.6) is 0 Å². The van der Waals surface area contributed by atoms with Crippen LogP contribution in [-0.4, -0.2) is 77.5 Å². The second-order valence-corrected chi connectivity index (χ2v) is 6.82. The highest BCUT2D eigenvalue weighted by molar-refractivity contribution is 5.96. The Kier molecular flexibility index (Phi) is 5.22. The Hall–Kier alpha value is -1.44. The molecule has 2 heterocycles. The molecule has 7 heteroatoms. The van der Waals surface area contributed by atoms with Crippen molar-refractivity contribution in [1.82, 2.24) is 15.0 Å². The number of hydrogen-bond acceptors (Lipinski definition) is 6. The number of amides is 1. The summed E-state index contributed by atoms with van der Waals surface area (Å²) < 4.78 is 10.5. The first-order chi connectivity index (χ1) is 11.5. The summed E-state index contributed by atoms with van der Waals surface area (Å²) in [6, 6.07) is -0.0969. The Bertz CT molecular complexity index is 563. The average molecular weight is 337 g/mol. The molecule has 24 heavy (non-hydrogen) atoms. The molecular formula is C17H27N3O4. The number of carbonyl (C=O) groups excluding carboxylic acids is 1. The summed E-state index contributed by atoms with van der Waals surface area (Å²) in [6.07, 6.45) is 2.23. The number of hydrogen-bond donors (Lipinski definition) is 1. The molecule has 1 N–H and O–H groups in total. The zero-order chi connectivity index (χ0) is 17.3. The van der Waals surface area contributed by atoms with Crippen LogP contribution in [0.3, 0.4) is 0 Å². The molecule has 1 amide bonds. The van der Waals surface area contributed by atoms with Gasteiger partial charge < -0.3 is 19.3 Å². The van der Waals surface area contributed by atoms with Crippen LogP contribution in [0.2, 0.25) is 0 Å². The average Bonchev–Trinajstić information content (AvgIpc) is 2.93. The van der Waals surface area contributed by atoms with E-state index in [9.17, 15) is 9.90 Å². The van der Waals surface area contributed by atoms with Crippen LogP contribution in [-0.2, 0) is 4.74 Å². The molecule has 0 bridgehead atoms. The van der Waals surface area contributed by atoms with Crippen LogP contribution in [0, 0.1) is 13.8 Å². The summed E-state index contributed by atoms with van der Waals surface area (Å²) in [5, 5.41) is 14.8. The fourth-order valence-electron chi connectivity index (χ4n) is 3.98. The van der Waals surface area contributed by atoms with Gasteiger partial charge in [-0.3, -0.25) is 9.69 Å². The van der Waals surface area contributed by atoms with Crippen LogP contribution in [0.4, 0.5) is 0 Å². The van der Waals surface area contributed by atoms with Gasteiger partial charge in [0, 0.05) is 26.2 Å². The van der Waals surface area contributed by atoms with Gasteiger partial charge in [0.25, 0.3) is 5.91 Å². The Morgan fingerprint density at radius 1 is 1.29 bits per heavy atom. The number of morpholine rings is 1. The third-order valence-corrected chi connectivity index (χ3v) is 5.37. The minimum Gasteiger partial charge on any atom is -0.389 e. The van der Waals surface area contributed by atoms with Crippen molar-refractivity contribution in [2.75, 3.05) is 33.4 Å². The maximum atomic E-state index is 12.9. The van der Waals surface area contributed by atoms with E-state index in [1.165, 1.54) is 0 Å². The lowest BCUT2D eigenvalue weighted by Crippen LogP contribution is -2.58. The lowest BCUT2D eigenvalue weighted by Gasteiger charge is -2.45. The molecule has 2 aliphatic rings. The van der Waals surface area contributed by atoms with E-state index in [0.717, 1.165) is 32.4 Å². The summed E-state index contributed by atoms with van der Waals surface area (Å²) in [5.74, 6) is 0.400. The fraction of sp³-hybridized carbons (Fsp3) is 0.765. The van der Waals surface area contributed by atoms with Gasteiger partial charge in [-0.2, -0.15) is 0 Å². The molecule has 1 saturated heterocycles. The first kappa shape index (κ1) is 17.4. The lowest BCUT2D eigenvalue weighted by atomic mass is 9.85. The molecule has 134 valence electrons. The van der Waals surface area contributed by atoms with Crippen molar-refractivity contribution in [3.8, 4) is 0 Å². The number of aryl methyl sites for hydroxylation is 2. The second kappa shape index (κ2) is 7.21. The minimum absolute atomic E-state index is 0.0903. The molecular weight excluding hydrogens is 310 g/mol. The van der Waals surface area contributed by atoms with Crippen LogP contribution in [0.1, 0.15) is 41.1 Å². The van der Waals surface area contributed by atoms with Crippen LogP contribution in [0.15, 0.2) is 4.52 Å². The van der Waals surface area contributed by atoms with Crippen molar-refractivity contribution in [2.24, 2.45) is 0 Å². The molecule has 0 radical (unpaired) electrons. The zero-order valence-corrected chi connectivity index (χ0v) is 14.7. The summed E-state index contributed by atoms with van der Waals surface area (Å²) in [4.78, 5) is 16.8. The lowest BCUT2D eigenvalue weighted by molar-refractivity contribution is -0.0614. The molecule has 1 saturated carbocycles. The monoisotopic (exact) mass is 337 g/mol. The molecule has 1 aromatic rings. The first-order valence-electron chi connectivity index (χ1n) is 8.70. The van der Waals surface area contributed by atoms with Crippen molar-refractivity contribution in [3.05, 3.63) is 17.0 Å². The van der Waals surface area contributed by atoms with E-state index >= 15 is 0 Å².